The Morgan fingerprint density at radius 2 is 2.07 bits per heavy atom. The van der Waals surface area contributed by atoms with Gasteiger partial charge < -0.3 is 5.32 Å². The van der Waals surface area contributed by atoms with Gasteiger partial charge in [-0.25, -0.2) is 13.9 Å². The SMILES string of the molecule is Cc1nc2cc(-c3cccc(F)c3)nn2c(C)c1CCC(=O)NC(C)c1cccs1. The quantitative estimate of drug-likeness (QED) is 0.474. The van der Waals surface area contributed by atoms with Crippen LogP contribution in [0.4, 0.5) is 4.39 Å². The third-order valence-corrected chi connectivity index (χ3v) is 6.29. The van der Waals surface area contributed by atoms with Crippen LogP contribution in [0, 0.1) is 19.7 Å². The van der Waals surface area contributed by atoms with Crippen molar-refractivity contribution in [1.29, 1.82) is 0 Å². The summed E-state index contributed by atoms with van der Waals surface area (Å²) < 4.78 is 15.4. The summed E-state index contributed by atoms with van der Waals surface area (Å²) in [7, 11) is 0. The van der Waals surface area contributed by atoms with Crippen LogP contribution in [0.15, 0.2) is 47.8 Å². The molecular formula is C23H23FN4OS. The van der Waals surface area contributed by atoms with Gasteiger partial charge in [0.25, 0.3) is 0 Å². The highest BCUT2D eigenvalue weighted by atomic mass is 32.1. The maximum absolute atomic E-state index is 13.6. The molecule has 3 aromatic heterocycles. The van der Waals surface area contributed by atoms with Crippen LogP contribution in [-0.2, 0) is 11.2 Å². The van der Waals surface area contributed by atoms with E-state index in [0.717, 1.165) is 21.8 Å². The maximum Gasteiger partial charge on any atom is 0.220 e. The minimum Gasteiger partial charge on any atom is -0.349 e. The average molecular weight is 423 g/mol. The highest BCUT2D eigenvalue weighted by Gasteiger charge is 2.16. The lowest BCUT2D eigenvalue weighted by Gasteiger charge is -2.14. The van der Waals surface area contributed by atoms with Crippen molar-refractivity contribution in [3.05, 3.63) is 75.5 Å². The van der Waals surface area contributed by atoms with E-state index in [-0.39, 0.29) is 17.8 Å². The second-order valence-electron chi connectivity index (χ2n) is 7.38. The van der Waals surface area contributed by atoms with Crippen LogP contribution in [-0.4, -0.2) is 20.5 Å². The van der Waals surface area contributed by atoms with E-state index in [1.165, 1.54) is 12.1 Å². The van der Waals surface area contributed by atoms with Crippen molar-refractivity contribution < 1.29 is 9.18 Å². The lowest BCUT2D eigenvalue weighted by molar-refractivity contribution is -0.121. The molecule has 0 fully saturated rings. The zero-order valence-corrected chi connectivity index (χ0v) is 18.0. The number of halogens is 1. The first kappa shape index (κ1) is 20.2. The van der Waals surface area contributed by atoms with Crippen molar-refractivity contribution in [3.8, 4) is 11.3 Å². The average Bonchev–Trinajstić information content (AvgIpc) is 3.38. The number of aromatic nitrogens is 3. The number of benzene rings is 1. The monoisotopic (exact) mass is 422 g/mol. The number of carbonyl (C=O) groups excluding carboxylic acids is 1. The summed E-state index contributed by atoms with van der Waals surface area (Å²) in [5.74, 6) is -0.287. The molecule has 1 amide bonds. The van der Waals surface area contributed by atoms with Gasteiger partial charge in [0.1, 0.15) is 5.82 Å². The van der Waals surface area contributed by atoms with E-state index in [0.29, 0.717) is 29.7 Å². The number of fused-ring (bicyclic) bond motifs is 1. The molecule has 4 rings (SSSR count). The van der Waals surface area contributed by atoms with Crippen molar-refractivity contribution in [2.75, 3.05) is 0 Å². The molecule has 7 heteroatoms. The zero-order valence-electron chi connectivity index (χ0n) is 17.1. The fourth-order valence-electron chi connectivity index (χ4n) is 3.64. The molecule has 30 heavy (non-hydrogen) atoms. The Hall–Kier alpha value is -3.06. The number of hydrogen-bond donors (Lipinski definition) is 1. The number of hydrogen-bond acceptors (Lipinski definition) is 4. The van der Waals surface area contributed by atoms with Crippen molar-refractivity contribution in [3.63, 3.8) is 0 Å². The molecule has 4 aromatic rings. The predicted octanol–water partition coefficient (Wildman–Crippen LogP) is 5.02. The highest BCUT2D eigenvalue weighted by molar-refractivity contribution is 7.10. The molecule has 1 unspecified atom stereocenters. The summed E-state index contributed by atoms with van der Waals surface area (Å²) in [5.41, 5.74) is 4.92. The molecule has 0 spiro atoms. The summed E-state index contributed by atoms with van der Waals surface area (Å²) in [4.78, 5) is 18.2. The third-order valence-electron chi connectivity index (χ3n) is 5.23. The molecule has 1 aromatic carbocycles. The lowest BCUT2D eigenvalue weighted by atomic mass is 10.1. The number of thiophene rings is 1. The lowest BCUT2D eigenvalue weighted by Crippen LogP contribution is -2.26. The second-order valence-corrected chi connectivity index (χ2v) is 8.35. The van der Waals surface area contributed by atoms with Gasteiger partial charge in [-0.05, 0) is 56.3 Å². The van der Waals surface area contributed by atoms with Gasteiger partial charge in [-0.3, -0.25) is 4.79 Å². The van der Waals surface area contributed by atoms with Crippen LogP contribution < -0.4 is 5.32 Å². The van der Waals surface area contributed by atoms with Gasteiger partial charge in [-0.15, -0.1) is 11.3 Å². The number of carbonyl (C=O) groups is 1. The molecule has 0 aliphatic carbocycles. The maximum atomic E-state index is 13.6. The Bertz CT molecular complexity index is 1200. The minimum absolute atomic E-state index is 0.000223. The van der Waals surface area contributed by atoms with Crippen LogP contribution in [0.1, 0.15) is 41.2 Å². The van der Waals surface area contributed by atoms with Crippen molar-refractivity contribution in [1.82, 2.24) is 19.9 Å². The number of rotatable bonds is 6. The van der Waals surface area contributed by atoms with Gasteiger partial charge in [0, 0.05) is 34.3 Å². The Labute approximate surface area is 178 Å². The number of amides is 1. The summed E-state index contributed by atoms with van der Waals surface area (Å²) >= 11 is 1.64. The molecule has 0 aliphatic rings. The van der Waals surface area contributed by atoms with Crippen LogP contribution >= 0.6 is 11.3 Å². The van der Waals surface area contributed by atoms with Crippen LogP contribution in [0.3, 0.4) is 0 Å². The molecule has 0 bridgehead atoms. The Balaban J connectivity index is 1.53. The molecule has 0 saturated heterocycles. The van der Waals surface area contributed by atoms with Gasteiger partial charge in [-0.1, -0.05) is 18.2 Å². The first-order valence-electron chi connectivity index (χ1n) is 9.87. The molecular weight excluding hydrogens is 399 g/mol. The van der Waals surface area contributed by atoms with E-state index in [1.54, 1.807) is 21.9 Å². The van der Waals surface area contributed by atoms with E-state index in [4.69, 9.17) is 0 Å². The molecule has 0 aliphatic heterocycles. The van der Waals surface area contributed by atoms with Crippen LogP contribution in [0.5, 0.6) is 0 Å². The van der Waals surface area contributed by atoms with E-state index in [9.17, 15) is 9.18 Å². The molecule has 1 atom stereocenters. The van der Waals surface area contributed by atoms with Crippen LogP contribution in [0.2, 0.25) is 0 Å². The number of nitrogens with zero attached hydrogens (tertiary/aromatic N) is 3. The summed E-state index contributed by atoms with van der Waals surface area (Å²) in [6.45, 7) is 5.92. The van der Waals surface area contributed by atoms with Gasteiger partial charge in [0.05, 0.1) is 11.7 Å². The number of aryl methyl sites for hydroxylation is 2. The molecule has 1 N–H and O–H groups in total. The molecule has 3 heterocycles. The van der Waals surface area contributed by atoms with Gasteiger partial charge in [0.15, 0.2) is 5.65 Å². The Morgan fingerprint density at radius 1 is 1.23 bits per heavy atom. The van der Waals surface area contributed by atoms with E-state index >= 15 is 0 Å². The predicted molar refractivity (Wildman–Crippen MR) is 117 cm³/mol. The van der Waals surface area contributed by atoms with E-state index in [2.05, 4.69) is 15.4 Å². The standard InChI is InChI=1S/C23H23FN4OS/c1-14-19(9-10-23(29)26-15(2)21-8-5-11-30-21)16(3)28-22(25-14)13-20(27-28)17-6-4-7-18(24)12-17/h4-8,11-13,15H,9-10H2,1-3H3,(H,26,29). The summed E-state index contributed by atoms with van der Waals surface area (Å²) in [6, 6.07) is 12.2. The Kier molecular flexibility index (Phi) is 5.63. The first-order valence-corrected chi connectivity index (χ1v) is 10.7. The Morgan fingerprint density at radius 3 is 2.80 bits per heavy atom. The largest absolute Gasteiger partial charge is 0.349 e. The fraction of sp³-hybridized carbons (Fsp3) is 0.261. The smallest absolute Gasteiger partial charge is 0.220 e. The van der Waals surface area contributed by atoms with E-state index in [1.807, 2.05) is 50.4 Å². The second kappa shape index (κ2) is 8.36. The summed E-state index contributed by atoms with van der Waals surface area (Å²) in [6.07, 6.45) is 0.960. The zero-order chi connectivity index (χ0) is 21.3. The van der Waals surface area contributed by atoms with Gasteiger partial charge in [-0.2, -0.15) is 5.10 Å². The normalized spacial score (nSPS) is 12.3. The number of nitrogens with one attached hydrogen (secondary N) is 1. The van der Waals surface area contributed by atoms with Crippen molar-refractivity contribution in [2.24, 2.45) is 0 Å². The molecule has 154 valence electrons. The molecule has 0 radical (unpaired) electrons. The topological polar surface area (TPSA) is 59.3 Å². The molecule has 5 nitrogen and oxygen atoms in total. The fourth-order valence-corrected chi connectivity index (χ4v) is 4.37. The van der Waals surface area contributed by atoms with Gasteiger partial charge in [0.2, 0.25) is 5.91 Å². The van der Waals surface area contributed by atoms with Gasteiger partial charge >= 0.3 is 0 Å². The molecule has 0 saturated carbocycles. The van der Waals surface area contributed by atoms with Crippen molar-refractivity contribution in [2.45, 2.75) is 39.7 Å². The van der Waals surface area contributed by atoms with Crippen LogP contribution in [0.25, 0.3) is 16.9 Å². The first-order chi connectivity index (χ1) is 14.4. The minimum atomic E-state index is -0.297. The highest BCUT2D eigenvalue weighted by Crippen LogP contribution is 2.23. The summed E-state index contributed by atoms with van der Waals surface area (Å²) in [5, 5.41) is 9.68. The van der Waals surface area contributed by atoms with Crippen molar-refractivity contribution >= 4 is 22.9 Å². The van der Waals surface area contributed by atoms with E-state index < -0.39 is 0 Å². The third kappa shape index (κ3) is 4.11.